The highest BCUT2D eigenvalue weighted by molar-refractivity contribution is 5.79. The van der Waals surface area contributed by atoms with Gasteiger partial charge in [0, 0.05) is 0 Å². The minimum absolute atomic E-state index is 0.00807. The number of benzene rings is 3. The van der Waals surface area contributed by atoms with Crippen LogP contribution in [0.2, 0.25) is 0 Å². The van der Waals surface area contributed by atoms with Crippen molar-refractivity contribution in [2.75, 3.05) is 6.61 Å². The van der Waals surface area contributed by atoms with E-state index in [0.717, 1.165) is 16.7 Å². The van der Waals surface area contributed by atoms with Gasteiger partial charge in [-0.2, -0.15) is 4.98 Å². The van der Waals surface area contributed by atoms with Crippen molar-refractivity contribution in [2.45, 2.75) is 50.5 Å². The Morgan fingerprint density at radius 3 is 1.80 bits per heavy atom. The van der Waals surface area contributed by atoms with Crippen LogP contribution in [0, 0.1) is 0 Å². The molecule has 10 nitrogen and oxygen atoms in total. The van der Waals surface area contributed by atoms with Gasteiger partial charge in [-0.3, -0.25) is 4.79 Å². The molecule has 0 fully saturated rings. The highest BCUT2D eigenvalue weighted by Crippen LogP contribution is 2.37. The van der Waals surface area contributed by atoms with E-state index in [9.17, 15) is 9.59 Å². The van der Waals surface area contributed by atoms with Gasteiger partial charge in [-0.05, 0) is 37.5 Å². The summed E-state index contributed by atoms with van der Waals surface area (Å²) in [6, 6.07) is 28.3. The summed E-state index contributed by atoms with van der Waals surface area (Å²) < 4.78 is 16.2. The zero-order valence-corrected chi connectivity index (χ0v) is 23.3. The van der Waals surface area contributed by atoms with Gasteiger partial charge in [0.05, 0.1) is 24.7 Å². The van der Waals surface area contributed by atoms with Crippen LogP contribution in [0.25, 0.3) is 0 Å². The molecule has 41 heavy (non-hydrogen) atoms. The average molecular weight is 558 g/mol. The van der Waals surface area contributed by atoms with E-state index in [2.05, 4.69) is 15.5 Å². The summed E-state index contributed by atoms with van der Waals surface area (Å²) in [5, 5.41) is 7.16. The zero-order chi connectivity index (χ0) is 29.5. The summed E-state index contributed by atoms with van der Waals surface area (Å²) in [5.74, 6) is -0.297. The Balaban J connectivity index is 1.61. The summed E-state index contributed by atoms with van der Waals surface area (Å²) in [5.41, 5.74) is 12.7. The molecule has 0 aliphatic carbocycles. The predicted octanol–water partition coefficient (Wildman–Crippen LogP) is 4.52. The molecule has 0 saturated carbocycles. The molecule has 10 heteroatoms. The van der Waals surface area contributed by atoms with Crippen molar-refractivity contribution in [3.05, 3.63) is 119 Å². The topological polar surface area (TPSA) is 156 Å². The number of hydrogen-bond donors (Lipinski definition) is 3. The highest BCUT2D eigenvalue weighted by Gasteiger charge is 2.38. The molecular weight excluding hydrogens is 522 g/mol. The molecular formula is C31H35N5O5. The molecule has 2 amide bonds. The molecule has 0 radical (unpaired) electrons. The maximum atomic E-state index is 13.7. The molecule has 0 spiro atoms. The fourth-order valence-corrected chi connectivity index (χ4v) is 4.48. The van der Waals surface area contributed by atoms with Crippen molar-refractivity contribution in [1.82, 2.24) is 15.5 Å². The summed E-state index contributed by atoms with van der Waals surface area (Å²) in [4.78, 5) is 29.4. The number of ether oxygens (including phenoxy) is 2. The fourth-order valence-electron chi connectivity index (χ4n) is 4.48. The summed E-state index contributed by atoms with van der Waals surface area (Å²) in [7, 11) is 0. The minimum Gasteiger partial charge on any atom is -0.435 e. The quantitative estimate of drug-likeness (QED) is 0.227. The lowest BCUT2D eigenvalue weighted by Gasteiger charge is -2.37. The molecule has 5 N–H and O–H groups in total. The van der Waals surface area contributed by atoms with Gasteiger partial charge in [0.25, 0.3) is 0 Å². The summed E-state index contributed by atoms with van der Waals surface area (Å²) in [6.45, 7) is 5.51. The van der Waals surface area contributed by atoms with E-state index in [4.69, 9.17) is 25.5 Å². The van der Waals surface area contributed by atoms with Gasteiger partial charge >= 0.3 is 6.09 Å². The Bertz CT molecular complexity index is 1320. The molecule has 0 aliphatic heterocycles. The molecule has 4 rings (SSSR count). The van der Waals surface area contributed by atoms with Crippen molar-refractivity contribution in [3.8, 4) is 0 Å². The third-order valence-electron chi connectivity index (χ3n) is 6.34. The first-order valence-corrected chi connectivity index (χ1v) is 13.2. The molecule has 4 aromatic rings. The second-order valence-electron chi connectivity index (χ2n) is 10.5. The minimum atomic E-state index is -1.01. The Labute approximate surface area is 239 Å². The lowest BCUT2D eigenvalue weighted by atomic mass is 9.77. The van der Waals surface area contributed by atoms with Crippen molar-refractivity contribution >= 4 is 12.0 Å². The fraction of sp³-hybridized carbons (Fsp3) is 0.290. The van der Waals surface area contributed by atoms with Crippen LogP contribution in [0.5, 0.6) is 0 Å². The number of carbonyl (C=O) groups excluding carboxylic acids is 2. The first-order chi connectivity index (χ1) is 19.6. The van der Waals surface area contributed by atoms with E-state index in [1.54, 1.807) is 0 Å². The lowest BCUT2D eigenvalue weighted by molar-refractivity contribution is -0.122. The van der Waals surface area contributed by atoms with Gasteiger partial charge in [0.15, 0.2) is 6.10 Å². The van der Waals surface area contributed by atoms with Crippen LogP contribution < -0.4 is 16.8 Å². The molecule has 0 aliphatic rings. The standard InChI is InChI=1S/C31H35N5O5/c1-30(2,3)39-20-25(40-29(33)38)27-34-28(41-36-27)24(32)19-26(37)35-31(21-13-7-4-8-14-21,22-15-9-5-10-16-22)23-17-11-6-12-18-23/h4-18,24-25H,19-20,32H2,1-3H3,(H2,33,38)(H,35,37). The number of nitrogens with two attached hydrogens (primary N) is 2. The van der Waals surface area contributed by atoms with Gasteiger partial charge in [0.1, 0.15) is 5.54 Å². The van der Waals surface area contributed by atoms with E-state index in [0.29, 0.717) is 0 Å². The van der Waals surface area contributed by atoms with E-state index >= 15 is 0 Å². The maximum absolute atomic E-state index is 13.7. The van der Waals surface area contributed by atoms with Gasteiger partial charge in [0.2, 0.25) is 17.6 Å². The average Bonchev–Trinajstić information content (AvgIpc) is 3.45. The van der Waals surface area contributed by atoms with Gasteiger partial charge in [-0.1, -0.05) is 96.2 Å². The Hall–Kier alpha value is -4.54. The Morgan fingerprint density at radius 2 is 1.37 bits per heavy atom. The van der Waals surface area contributed by atoms with Crippen LogP contribution in [-0.4, -0.2) is 34.3 Å². The molecule has 1 heterocycles. The smallest absolute Gasteiger partial charge is 0.405 e. The lowest BCUT2D eigenvalue weighted by Crippen LogP contribution is -2.48. The largest absolute Gasteiger partial charge is 0.435 e. The molecule has 0 bridgehead atoms. The van der Waals surface area contributed by atoms with Crippen molar-refractivity contribution in [3.63, 3.8) is 0 Å². The van der Waals surface area contributed by atoms with E-state index < -0.39 is 29.4 Å². The molecule has 2 atom stereocenters. The maximum Gasteiger partial charge on any atom is 0.405 e. The number of rotatable bonds is 11. The van der Waals surface area contributed by atoms with Crippen LogP contribution in [0.1, 0.15) is 67.7 Å². The summed E-state index contributed by atoms with van der Waals surface area (Å²) in [6.07, 6.45) is -2.18. The number of nitrogens with zero attached hydrogens (tertiary/aromatic N) is 2. The van der Waals surface area contributed by atoms with E-state index in [-0.39, 0.29) is 30.7 Å². The molecule has 1 aromatic heterocycles. The Kier molecular flexibility index (Phi) is 9.16. The predicted molar refractivity (Wildman–Crippen MR) is 152 cm³/mol. The first kappa shape index (κ1) is 29.4. The number of primary amides is 1. The molecule has 0 saturated heterocycles. The van der Waals surface area contributed by atoms with Crippen molar-refractivity contribution in [1.29, 1.82) is 0 Å². The summed E-state index contributed by atoms with van der Waals surface area (Å²) >= 11 is 0. The Morgan fingerprint density at radius 1 is 0.878 bits per heavy atom. The molecule has 214 valence electrons. The van der Waals surface area contributed by atoms with Crippen molar-refractivity contribution in [2.24, 2.45) is 11.5 Å². The third-order valence-corrected chi connectivity index (χ3v) is 6.34. The number of aromatic nitrogens is 2. The first-order valence-electron chi connectivity index (χ1n) is 13.2. The third kappa shape index (κ3) is 7.36. The van der Waals surface area contributed by atoms with Crippen LogP contribution in [-0.2, 0) is 19.8 Å². The van der Waals surface area contributed by atoms with Gasteiger partial charge < -0.3 is 30.8 Å². The number of carbonyl (C=O) groups is 2. The highest BCUT2D eigenvalue weighted by atomic mass is 16.6. The molecule has 3 aromatic carbocycles. The van der Waals surface area contributed by atoms with Crippen LogP contribution in [0.15, 0.2) is 95.5 Å². The van der Waals surface area contributed by atoms with Crippen molar-refractivity contribution < 1.29 is 23.6 Å². The second kappa shape index (κ2) is 12.8. The zero-order valence-electron chi connectivity index (χ0n) is 23.3. The van der Waals surface area contributed by atoms with Crippen LogP contribution in [0.3, 0.4) is 0 Å². The van der Waals surface area contributed by atoms with Gasteiger partial charge in [-0.15, -0.1) is 0 Å². The van der Waals surface area contributed by atoms with E-state index in [1.165, 1.54) is 0 Å². The SMILES string of the molecule is CC(C)(C)OCC(OC(N)=O)c1noc(C(N)CC(=O)NC(c2ccccc2)(c2ccccc2)c2ccccc2)n1. The second-order valence-corrected chi connectivity index (χ2v) is 10.5. The van der Waals surface area contributed by atoms with Gasteiger partial charge in [-0.25, -0.2) is 4.79 Å². The van der Waals surface area contributed by atoms with Crippen LogP contribution in [0.4, 0.5) is 4.79 Å². The van der Waals surface area contributed by atoms with E-state index in [1.807, 2.05) is 112 Å². The number of hydrogen-bond acceptors (Lipinski definition) is 8. The normalized spacial score (nSPS) is 13.3. The molecule has 2 unspecified atom stereocenters. The number of amides is 2. The monoisotopic (exact) mass is 557 g/mol. The van der Waals surface area contributed by atoms with Crippen LogP contribution >= 0.6 is 0 Å². The number of nitrogens with one attached hydrogen (secondary N) is 1.